The second-order valence-corrected chi connectivity index (χ2v) is 14.2. The zero-order chi connectivity index (χ0) is 32.3. The van der Waals surface area contributed by atoms with E-state index in [9.17, 15) is 0 Å². The van der Waals surface area contributed by atoms with Gasteiger partial charge in [0.05, 0.1) is 0 Å². The van der Waals surface area contributed by atoms with Gasteiger partial charge in [-0.25, -0.2) is 0 Å². The van der Waals surface area contributed by atoms with Crippen molar-refractivity contribution in [2.75, 3.05) is 0 Å². The van der Waals surface area contributed by atoms with Crippen LogP contribution in [0.2, 0.25) is 0 Å². The predicted molar refractivity (Wildman–Crippen MR) is 211 cm³/mol. The van der Waals surface area contributed by atoms with E-state index in [1.165, 1.54) is 110 Å². The maximum absolute atomic E-state index is 2.48. The monoisotopic (exact) mass is 608 g/mol. The minimum absolute atomic E-state index is 0.119. The third-order valence-electron chi connectivity index (χ3n) is 11.4. The van der Waals surface area contributed by atoms with Crippen molar-refractivity contribution in [2.45, 2.75) is 27.7 Å². The standard InChI is InChI=1S/C46H34B2/c1-27-19-21-35-41(23-27)47(39-17-9-13-31-11-5-7-15-33(31)39)45-43(35)37-25-29(3)30(4)26-38(37)44-36-22-20-28(2)24-42(36)48(46(44)45)40-18-10-14-32-12-6-8-16-34(32)40/h5-26H,1-4H3. The summed E-state index contributed by atoms with van der Waals surface area (Å²) in [5.74, 6) is 0. The molecule has 0 fully saturated rings. The summed E-state index contributed by atoms with van der Waals surface area (Å²) in [4.78, 5) is 0. The van der Waals surface area contributed by atoms with E-state index >= 15 is 0 Å². The van der Waals surface area contributed by atoms with Gasteiger partial charge in [0, 0.05) is 0 Å². The molecule has 0 spiro atoms. The Labute approximate surface area is 283 Å². The van der Waals surface area contributed by atoms with Gasteiger partial charge >= 0.3 is 0 Å². The predicted octanol–water partition coefficient (Wildman–Crippen LogP) is 7.37. The van der Waals surface area contributed by atoms with E-state index in [1.54, 1.807) is 0 Å². The molecule has 48 heavy (non-hydrogen) atoms. The molecule has 8 aromatic carbocycles. The Bertz CT molecular complexity index is 2480. The zero-order valence-electron chi connectivity index (χ0n) is 27.9. The third kappa shape index (κ3) is 3.75. The highest BCUT2D eigenvalue weighted by atomic mass is 14.3. The van der Waals surface area contributed by atoms with Crippen molar-refractivity contribution in [3.05, 3.63) is 156 Å². The van der Waals surface area contributed by atoms with Crippen LogP contribution in [0.5, 0.6) is 0 Å². The van der Waals surface area contributed by atoms with Crippen LogP contribution in [0.1, 0.15) is 22.3 Å². The molecule has 8 aromatic rings. The van der Waals surface area contributed by atoms with Crippen molar-refractivity contribution in [1.29, 1.82) is 0 Å². The summed E-state index contributed by atoms with van der Waals surface area (Å²) in [5.41, 5.74) is 19.6. The number of fused-ring (bicyclic) bond motifs is 12. The molecule has 0 saturated heterocycles. The third-order valence-corrected chi connectivity index (χ3v) is 11.4. The first-order valence-corrected chi connectivity index (χ1v) is 17.3. The highest BCUT2D eigenvalue weighted by Crippen LogP contribution is 2.40. The van der Waals surface area contributed by atoms with Crippen LogP contribution in [0.4, 0.5) is 0 Å². The van der Waals surface area contributed by atoms with E-state index in [4.69, 9.17) is 0 Å². The first kappa shape index (κ1) is 27.8. The SMILES string of the molecule is Cc1ccc2c(c1)B(c1cccc3ccccc13)c1c3c(c4cc(C)c(C)cc4c1-2)-c1ccc(C)cc1B3c1cccc2ccccc12. The van der Waals surface area contributed by atoms with Crippen molar-refractivity contribution >= 4 is 78.5 Å². The Kier molecular flexibility index (Phi) is 5.83. The Hall–Kier alpha value is -5.33. The lowest BCUT2D eigenvalue weighted by molar-refractivity contribution is 1.37. The molecular weight excluding hydrogens is 574 g/mol. The van der Waals surface area contributed by atoms with Gasteiger partial charge in [-0.2, -0.15) is 0 Å². The lowest BCUT2D eigenvalue weighted by Crippen LogP contribution is -2.61. The van der Waals surface area contributed by atoms with Gasteiger partial charge in [-0.15, -0.1) is 0 Å². The summed E-state index contributed by atoms with van der Waals surface area (Å²) in [6.07, 6.45) is 0. The van der Waals surface area contributed by atoms with Crippen LogP contribution in [0.25, 0.3) is 54.6 Å². The zero-order valence-corrected chi connectivity index (χ0v) is 27.9. The van der Waals surface area contributed by atoms with Crippen molar-refractivity contribution < 1.29 is 0 Å². The lowest BCUT2D eigenvalue weighted by atomic mass is 9.30. The van der Waals surface area contributed by atoms with E-state index < -0.39 is 0 Å². The summed E-state index contributed by atoms with van der Waals surface area (Å²) in [6, 6.07) is 51.1. The largest absolute Gasteiger partial charge is 0.243 e. The number of hydrogen-bond acceptors (Lipinski definition) is 0. The second-order valence-electron chi connectivity index (χ2n) is 14.2. The van der Waals surface area contributed by atoms with Crippen LogP contribution in [0.3, 0.4) is 0 Å². The molecule has 0 amide bonds. The molecule has 0 nitrogen and oxygen atoms in total. The fraction of sp³-hybridized carbons (Fsp3) is 0.0870. The van der Waals surface area contributed by atoms with E-state index in [-0.39, 0.29) is 13.4 Å². The van der Waals surface area contributed by atoms with Crippen molar-refractivity contribution in [2.24, 2.45) is 0 Å². The normalized spacial score (nSPS) is 12.9. The summed E-state index contributed by atoms with van der Waals surface area (Å²) >= 11 is 0. The fourth-order valence-corrected chi connectivity index (χ4v) is 9.23. The lowest BCUT2D eigenvalue weighted by Gasteiger charge is -2.23. The van der Waals surface area contributed by atoms with Crippen LogP contribution in [0.15, 0.2) is 133 Å². The van der Waals surface area contributed by atoms with E-state index in [2.05, 4.69) is 161 Å². The molecule has 2 heteroatoms. The van der Waals surface area contributed by atoms with Gasteiger partial charge in [-0.05, 0) is 93.4 Å². The molecule has 0 unspecified atom stereocenters. The quantitative estimate of drug-likeness (QED) is 0.180. The topological polar surface area (TPSA) is 0 Å². The van der Waals surface area contributed by atoms with Crippen molar-refractivity contribution in [3.63, 3.8) is 0 Å². The maximum Gasteiger partial charge on any atom is 0.243 e. The van der Waals surface area contributed by atoms with E-state index in [0.717, 1.165) is 0 Å². The Morgan fingerprint density at radius 3 is 1.23 bits per heavy atom. The molecule has 0 N–H and O–H groups in total. The molecule has 224 valence electrons. The fourth-order valence-electron chi connectivity index (χ4n) is 9.23. The van der Waals surface area contributed by atoms with Crippen LogP contribution in [-0.2, 0) is 0 Å². The number of aryl methyl sites for hydroxylation is 4. The average Bonchev–Trinajstić information content (AvgIpc) is 3.61. The van der Waals surface area contributed by atoms with E-state index in [0.29, 0.717) is 0 Å². The average molecular weight is 608 g/mol. The molecule has 10 rings (SSSR count). The molecule has 0 radical (unpaired) electrons. The van der Waals surface area contributed by atoms with Gasteiger partial charge in [0.15, 0.2) is 0 Å². The number of rotatable bonds is 2. The molecule has 0 aromatic heterocycles. The molecule has 0 saturated carbocycles. The van der Waals surface area contributed by atoms with Crippen LogP contribution in [-0.4, -0.2) is 13.4 Å². The molecule has 0 bridgehead atoms. The molecule has 0 aliphatic carbocycles. The van der Waals surface area contributed by atoms with Gasteiger partial charge in [-0.1, -0.05) is 177 Å². The van der Waals surface area contributed by atoms with Crippen LogP contribution < -0.4 is 32.8 Å². The molecule has 2 heterocycles. The second kappa shape index (κ2) is 10.1. The van der Waals surface area contributed by atoms with Gasteiger partial charge in [-0.3, -0.25) is 0 Å². The van der Waals surface area contributed by atoms with Gasteiger partial charge in [0.25, 0.3) is 0 Å². The van der Waals surface area contributed by atoms with Gasteiger partial charge in [0.2, 0.25) is 13.4 Å². The number of benzene rings is 8. The Morgan fingerprint density at radius 1 is 0.354 bits per heavy atom. The van der Waals surface area contributed by atoms with Crippen LogP contribution in [0, 0.1) is 27.7 Å². The van der Waals surface area contributed by atoms with Gasteiger partial charge in [0.1, 0.15) is 0 Å². The van der Waals surface area contributed by atoms with Crippen molar-refractivity contribution in [3.8, 4) is 22.3 Å². The van der Waals surface area contributed by atoms with E-state index in [1.807, 2.05) is 0 Å². The molecule has 0 atom stereocenters. The Balaban J connectivity index is 1.44. The first-order valence-electron chi connectivity index (χ1n) is 17.3. The highest BCUT2D eigenvalue weighted by Gasteiger charge is 2.45. The van der Waals surface area contributed by atoms with Gasteiger partial charge < -0.3 is 0 Å². The minimum Gasteiger partial charge on any atom is -0.0663 e. The summed E-state index contributed by atoms with van der Waals surface area (Å²) in [7, 11) is 0. The molecule has 2 aliphatic heterocycles. The first-order chi connectivity index (χ1) is 23.5. The smallest absolute Gasteiger partial charge is 0.0663 e. The highest BCUT2D eigenvalue weighted by molar-refractivity contribution is 7.09. The Morgan fingerprint density at radius 2 is 0.771 bits per heavy atom. The maximum atomic E-state index is 2.48. The summed E-state index contributed by atoms with van der Waals surface area (Å²) in [5, 5.41) is 8.03. The summed E-state index contributed by atoms with van der Waals surface area (Å²) < 4.78 is 0. The summed E-state index contributed by atoms with van der Waals surface area (Å²) in [6.45, 7) is 9.28. The number of hydrogen-bond donors (Lipinski definition) is 0. The molecular formula is C46H34B2. The van der Waals surface area contributed by atoms with Crippen LogP contribution >= 0.6 is 0 Å². The minimum atomic E-state index is 0.119. The van der Waals surface area contributed by atoms with Crippen molar-refractivity contribution in [1.82, 2.24) is 0 Å². The molecule has 2 aliphatic rings.